The van der Waals surface area contributed by atoms with E-state index in [0.717, 1.165) is 0 Å². The van der Waals surface area contributed by atoms with Gasteiger partial charge in [0, 0.05) is 52.0 Å². The van der Waals surface area contributed by atoms with Crippen LogP contribution in [0.15, 0.2) is 0 Å². The Hall–Kier alpha value is 1.58. The van der Waals surface area contributed by atoms with E-state index in [1.165, 1.54) is 0 Å². The van der Waals surface area contributed by atoms with Crippen molar-refractivity contribution in [3.63, 3.8) is 0 Å². The van der Waals surface area contributed by atoms with Crippen LogP contribution in [0, 0.1) is 0 Å². The van der Waals surface area contributed by atoms with Crippen LogP contribution in [0.3, 0.4) is 0 Å². The molecule has 0 atom stereocenters. The third kappa shape index (κ3) is 11000. The summed E-state index contributed by atoms with van der Waals surface area (Å²) in [6.07, 6.45) is 0. The summed E-state index contributed by atoms with van der Waals surface area (Å²) in [5.74, 6) is 0. The maximum absolute atomic E-state index is 8.52. The Balaban J connectivity index is -0.0000000171. The summed E-state index contributed by atoms with van der Waals surface area (Å²) in [4.78, 5) is 0. The fraction of sp³-hybridized carbons (Fsp3) is 0. The summed E-state index contributed by atoms with van der Waals surface area (Å²) in [6, 6.07) is 0. The van der Waals surface area contributed by atoms with Gasteiger partial charge in [-0.3, -0.25) is 42.1 Å². The summed E-state index contributed by atoms with van der Waals surface area (Å²) in [6.45, 7) is 0. The zero-order valence-electron chi connectivity index (χ0n) is 13.8. The largest absolute Gasteiger partial charge is 3.00 e. The van der Waals surface area contributed by atoms with Crippen LogP contribution in [0.4, 0.5) is 0 Å². The Kier molecular flexibility index (Phi) is 66.6. The minimum atomic E-state index is -5.17. The van der Waals surface area contributed by atoms with E-state index in [4.69, 9.17) is 87.6 Å². The van der Waals surface area contributed by atoms with Crippen molar-refractivity contribution in [2.45, 2.75) is 0 Å². The zero-order valence-corrected chi connectivity index (χ0v) is 26.1. The minimum absolute atomic E-state index is 0. The van der Waals surface area contributed by atoms with Crippen molar-refractivity contribution in [3.05, 3.63) is 0 Å². The molecule has 0 heterocycles. The first-order valence-electron chi connectivity index (χ1n) is 3.33. The van der Waals surface area contributed by atoms with Crippen molar-refractivity contribution in [2.75, 3.05) is 0 Å². The second-order valence-corrected chi connectivity index (χ2v) is 6.12. The van der Waals surface area contributed by atoms with Crippen LogP contribution < -0.4 is 0 Å². The molecule has 31 heteroatoms. The van der Waals surface area contributed by atoms with Crippen molar-refractivity contribution in [3.8, 4) is 0 Å². The van der Waals surface area contributed by atoms with E-state index in [1.807, 2.05) is 0 Å². The van der Waals surface area contributed by atoms with Gasteiger partial charge in [0.2, 0.25) is 0 Å². The van der Waals surface area contributed by atoms with Crippen molar-refractivity contribution in [2.24, 2.45) is 0 Å². The molecular weight excluding hydrogens is 697 g/mol. The van der Waals surface area contributed by atoms with E-state index in [1.54, 1.807) is 0 Å². The van der Waals surface area contributed by atoms with Gasteiger partial charge in [-0.2, -0.15) is 0 Å². The smallest absolute Gasteiger partial charge is 0.759 e. The van der Waals surface area contributed by atoms with Crippen molar-refractivity contribution < 1.29 is 138 Å². The third-order valence-electron chi connectivity index (χ3n) is 0. The van der Waals surface area contributed by atoms with Gasteiger partial charge in [0.15, 0.2) is 0 Å². The van der Waals surface area contributed by atoms with E-state index in [2.05, 4.69) is 0 Å². The first-order valence-corrected chi connectivity index (χ1v) is 10.0. The van der Waals surface area contributed by atoms with Crippen molar-refractivity contribution >= 4 is 86.7 Å². The molecule has 176 valence electrons. The quantitative estimate of drug-likeness (QED) is 0.128. The van der Waals surface area contributed by atoms with E-state index < -0.39 is 52.0 Å². The fourth-order valence-electron chi connectivity index (χ4n) is 0. The topological polar surface area (TPSA) is 464 Å². The van der Waals surface area contributed by atoms with Crippen LogP contribution in [-0.4, -0.2) is 133 Å². The summed E-state index contributed by atoms with van der Waals surface area (Å²) in [5, 5.41) is 0. The third-order valence-corrected chi connectivity index (χ3v) is 0. The molecule has 4 N–H and O–H groups in total. The van der Waals surface area contributed by atoms with Crippen LogP contribution >= 0.6 is 0 Å². The second kappa shape index (κ2) is 29.6. The van der Waals surface area contributed by atoms with Gasteiger partial charge in [0.05, 0.1) is 0 Å². The van der Waals surface area contributed by atoms with Crippen molar-refractivity contribution in [1.82, 2.24) is 0 Å². The molecule has 0 unspecified atom stereocenters. The molecule has 0 aromatic carbocycles. The molecule has 0 spiro atoms. The average molecular weight is 701 g/mol. The normalized spacial score (nSPS) is 9.35. The van der Waals surface area contributed by atoms with Gasteiger partial charge in [0.1, 0.15) is 0 Å². The average Bonchev–Trinajstić information content (AvgIpc) is 1.79. The summed E-state index contributed by atoms with van der Waals surface area (Å²) in [5.41, 5.74) is 0. The standard InChI is InChI=1S/2Al.5H2O4S.2H2O.2Zn/c;;5*1-5(2,3)4;;;;/h;;5*(H2,1,2,3,4);2*1H2;;/q2*+3;;;;;;;;2*+2/p-10. The molecule has 0 bridgehead atoms. The molecule has 0 aliphatic heterocycles. The summed E-state index contributed by atoms with van der Waals surface area (Å²) >= 11 is 0. The molecule has 0 aliphatic carbocycles. The Labute approximate surface area is 222 Å². The minimum Gasteiger partial charge on any atom is -0.759 e. The van der Waals surface area contributed by atoms with E-state index >= 15 is 0 Å². The molecule has 0 radical (unpaired) electrons. The zero-order chi connectivity index (χ0) is 22.5. The predicted octanol–water partition coefficient (Wildman–Crippen LogP) is -9.11. The van der Waals surface area contributed by atoms with Crippen LogP contribution in [0.1, 0.15) is 0 Å². The predicted molar refractivity (Wildman–Crippen MR) is 71.1 cm³/mol. The molecule has 0 aromatic rings. The Bertz CT molecular complexity index is 630. The number of rotatable bonds is 0. The van der Waals surface area contributed by atoms with Crippen LogP contribution in [0.2, 0.25) is 0 Å². The van der Waals surface area contributed by atoms with Crippen LogP contribution in [-0.2, 0) is 91.0 Å². The maximum Gasteiger partial charge on any atom is 3.00 e. The molecule has 0 aliphatic rings. The van der Waals surface area contributed by atoms with Crippen molar-refractivity contribution in [1.29, 1.82) is 0 Å². The van der Waals surface area contributed by atoms with Crippen LogP contribution in [0.5, 0.6) is 0 Å². The van der Waals surface area contributed by atoms with Gasteiger partial charge >= 0.3 is 73.7 Å². The van der Waals surface area contributed by atoms with Gasteiger partial charge in [-0.05, 0) is 0 Å². The monoisotopic (exact) mass is 698 g/mol. The van der Waals surface area contributed by atoms with E-state index in [-0.39, 0.29) is 84.6 Å². The number of hydrogen-bond acceptors (Lipinski definition) is 20. The Morgan fingerprint density at radius 1 is 0.290 bits per heavy atom. The first-order chi connectivity index (χ1) is 10.0. The molecule has 22 nitrogen and oxygen atoms in total. The van der Waals surface area contributed by atoms with Gasteiger partial charge in [-0.25, -0.2) is 0 Å². The van der Waals surface area contributed by atoms with Crippen LogP contribution in [0.25, 0.3) is 0 Å². The van der Waals surface area contributed by atoms with Gasteiger partial charge in [-0.1, -0.05) is 0 Å². The Morgan fingerprint density at radius 2 is 0.290 bits per heavy atom. The molecule has 31 heavy (non-hydrogen) atoms. The first kappa shape index (κ1) is 69.8. The SMILES string of the molecule is O.O.O=S(=O)([O-])[O-].O=S(=O)([O-])[O-].O=S(=O)([O-])[O-].O=S(=O)([O-])[O-].O=S(=O)([O-])[O-].[Al+3].[Al+3].[Zn+2].[Zn+2]. The Morgan fingerprint density at radius 3 is 0.290 bits per heavy atom. The second-order valence-electron chi connectivity index (χ2n) is 2.04. The van der Waals surface area contributed by atoms with Gasteiger partial charge in [0.25, 0.3) is 0 Å². The number of hydrogen-bond donors (Lipinski definition) is 0. The molecule has 0 aromatic heterocycles. The molecular formula is H4Al2O22S5Zn2. The summed E-state index contributed by atoms with van der Waals surface area (Å²) < 4.78 is 170. The molecule has 0 saturated carbocycles. The molecule has 0 fully saturated rings. The fourth-order valence-corrected chi connectivity index (χ4v) is 0. The molecule has 0 saturated heterocycles. The van der Waals surface area contributed by atoms with E-state index in [9.17, 15) is 0 Å². The van der Waals surface area contributed by atoms with Gasteiger partial charge < -0.3 is 56.5 Å². The molecule has 0 amide bonds. The maximum atomic E-state index is 8.52. The van der Waals surface area contributed by atoms with E-state index in [0.29, 0.717) is 0 Å². The molecule has 0 rings (SSSR count). The summed E-state index contributed by atoms with van der Waals surface area (Å²) in [7, 11) is -25.8. The van der Waals surface area contributed by atoms with Gasteiger partial charge in [-0.15, -0.1) is 0 Å².